The number of pyridine rings is 1. The fourth-order valence-electron chi connectivity index (χ4n) is 5.34. The molecule has 0 unspecified atom stereocenters. The molecule has 222 valence electrons. The van der Waals surface area contributed by atoms with Gasteiger partial charge in [-0.05, 0) is 75.0 Å². The van der Waals surface area contributed by atoms with Crippen LogP contribution in [0.15, 0.2) is 66.9 Å². The first kappa shape index (κ1) is 29.4. The highest BCUT2D eigenvalue weighted by atomic mass is 19.4. The Morgan fingerprint density at radius 1 is 1.12 bits per heavy atom. The highest BCUT2D eigenvalue weighted by Gasteiger charge is 2.31. The van der Waals surface area contributed by atoms with Crippen molar-refractivity contribution in [2.45, 2.75) is 51.2 Å². The zero-order valence-electron chi connectivity index (χ0n) is 23.9. The highest BCUT2D eigenvalue weighted by molar-refractivity contribution is 5.77. The molecule has 0 aliphatic carbocycles. The van der Waals surface area contributed by atoms with E-state index in [4.69, 9.17) is 0 Å². The van der Waals surface area contributed by atoms with Crippen molar-refractivity contribution in [3.05, 3.63) is 83.8 Å². The number of carbonyl (C=O) groups excluding carboxylic acids is 1. The second kappa shape index (κ2) is 12.4. The molecular formula is C31H35F3N6O2. The van der Waals surface area contributed by atoms with Crippen LogP contribution in [0.25, 0.3) is 11.2 Å². The maximum atomic E-state index is 12.9. The molecule has 1 saturated heterocycles. The van der Waals surface area contributed by atoms with Gasteiger partial charge in [-0.15, -0.1) is 13.2 Å². The van der Waals surface area contributed by atoms with Gasteiger partial charge < -0.3 is 24.4 Å². The number of likely N-dealkylation sites (N-methyl/N-ethyl adjacent to an activating group) is 1. The van der Waals surface area contributed by atoms with Gasteiger partial charge in [-0.2, -0.15) is 0 Å². The summed E-state index contributed by atoms with van der Waals surface area (Å²) in [5, 5.41) is 3.09. The second-order valence-corrected chi connectivity index (χ2v) is 10.9. The van der Waals surface area contributed by atoms with E-state index in [0.29, 0.717) is 36.0 Å². The predicted octanol–water partition coefficient (Wildman–Crippen LogP) is 5.33. The van der Waals surface area contributed by atoms with Gasteiger partial charge in [0.05, 0.1) is 12.6 Å². The summed E-state index contributed by atoms with van der Waals surface area (Å²) in [7, 11) is 4.24. The van der Waals surface area contributed by atoms with Crippen molar-refractivity contribution >= 4 is 22.8 Å². The molecular weight excluding hydrogens is 545 g/mol. The van der Waals surface area contributed by atoms with E-state index >= 15 is 0 Å². The minimum atomic E-state index is -4.75. The fourth-order valence-corrected chi connectivity index (χ4v) is 5.34. The zero-order valence-corrected chi connectivity index (χ0v) is 23.9. The summed E-state index contributed by atoms with van der Waals surface area (Å²) in [5.41, 5.74) is 4.31. The molecule has 1 fully saturated rings. The lowest BCUT2D eigenvalue weighted by atomic mass is 10.1. The Morgan fingerprint density at radius 3 is 2.52 bits per heavy atom. The van der Waals surface area contributed by atoms with E-state index in [0.717, 1.165) is 30.6 Å². The minimum Gasteiger partial charge on any atom is -0.406 e. The molecule has 11 heteroatoms. The van der Waals surface area contributed by atoms with Gasteiger partial charge in [-0.3, -0.25) is 4.79 Å². The Hall–Kier alpha value is -4.12. The predicted molar refractivity (Wildman–Crippen MR) is 155 cm³/mol. The maximum absolute atomic E-state index is 12.9. The largest absolute Gasteiger partial charge is 0.573 e. The molecule has 5 rings (SSSR count). The zero-order chi connectivity index (χ0) is 29.9. The molecule has 1 N–H and O–H groups in total. The molecule has 2 aromatic carbocycles. The molecule has 4 aromatic rings. The lowest BCUT2D eigenvalue weighted by Crippen LogP contribution is -2.31. The summed E-state index contributed by atoms with van der Waals surface area (Å²) < 4.78 is 43.5. The third-order valence-corrected chi connectivity index (χ3v) is 7.69. The summed E-state index contributed by atoms with van der Waals surface area (Å²) in [6.45, 7) is 4.35. The number of aryl methyl sites for hydroxylation is 1. The van der Waals surface area contributed by atoms with Crippen molar-refractivity contribution in [2.75, 3.05) is 32.1 Å². The first-order chi connectivity index (χ1) is 20.1. The highest BCUT2D eigenvalue weighted by Crippen LogP contribution is 2.26. The SMILES string of the molecule is C[C@H](NC(=O)CCc1nc2cccnc2n1Cc1ccc(OC(F)(F)F)cc1)c1ccc(N2CC[C@H](N(C)C)C2)cc1. The summed E-state index contributed by atoms with van der Waals surface area (Å²) in [5.74, 6) is 0.294. The maximum Gasteiger partial charge on any atom is 0.573 e. The monoisotopic (exact) mass is 580 g/mol. The van der Waals surface area contributed by atoms with Crippen molar-refractivity contribution in [3.63, 3.8) is 0 Å². The van der Waals surface area contributed by atoms with Gasteiger partial charge >= 0.3 is 6.36 Å². The molecule has 42 heavy (non-hydrogen) atoms. The molecule has 8 nitrogen and oxygen atoms in total. The Morgan fingerprint density at radius 2 is 1.86 bits per heavy atom. The molecule has 2 atom stereocenters. The number of hydrogen-bond acceptors (Lipinski definition) is 6. The number of nitrogens with one attached hydrogen (secondary N) is 1. The molecule has 3 heterocycles. The van der Waals surface area contributed by atoms with Crippen molar-refractivity contribution in [1.29, 1.82) is 0 Å². The standard InChI is InChI=1S/C31H35F3N6O2/c1-21(23-8-10-24(11-9-23)39-18-16-25(20-39)38(2)3)36-29(41)15-14-28-37-27-5-4-17-35-30(27)40(28)19-22-6-12-26(13-7-22)42-31(32,33)34/h4-13,17,21,25H,14-16,18-20H2,1-3H3,(H,36,41)/t21-,25-/m0/s1. The van der Waals surface area contributed by atoms with E-state index in [2.05, 4.69) is 68.2 Å². The van der Waals surface area contributed by atoms with E-state index in [1.54, 1.807) is 24.4 Å². The van der Waals surface area contributed by atoms with Crippen molar-refractivity contribution < 1.29 is 22.7 Å². The average molecular weight is 581 g/mol. The van der Waals surface area contributed by atoms with Gasteiger partial charge in [0.1, 0.15) is 17.1 Å². The Bertz CT molecular complexity index is 1500. The number of imidazole rings is 1. The van der Waals surface area contributed by atoms with Gasteiger partial charge in [0.25, 0.3) is 0 Å². The van der Waals surface area contributed by atoms with Gasteiger partial charge in [0.15, 0.2) is 5.65 Å². The normalized spacial score (nSPS) is 16.3. The third kappa shape index (κ3) is 7.20. The summed E-state index contributed by atoms with van der Waals surface area (Å²) >= 11 is 0. The number of halogens is 3. The van der Waals surface area contributed by atoms with E-state index in [9.17, 15) is 18.0 Å². The smallest absolute Gasteiger partial charge is 0.406 e. The van der Waals surface area contributed by atoms with Crippen LogP contribution < -0.4 is 15.0 Å². The number of alkyl halides is 3. The molecule has 0 spiro atoms. The fraction of sp³-hybridized carbons (Fsp3) is 0.387. The molecule has 1 amide bonds. The van der Waals surface area contributed by atoms with Crippen LogP contribution in [0.3, 0.4) is 0 Å². The number of ether oxygens (including phenoxy) is 1. The van der Waals surface area contributed by atoms with Crippen LogP contribution in [0.1, 0.15) is 42.8 Å². The van der Waals surface area contributed by atoms with Gasteiger partial charge in [-0.25, -0.2) is 9.97 Å². The van der Waals surface area contributed by atoms with Gasteiger partial charge in [0.2, 0.25) is 5.91 Å². The number of anilines is 1. The molecule has 0 saturated carbocycles. The van der Waals surface area contributed by atoms with Crippen LogP contribution in [0, 0.1) is 0 Å². The number of aromatic nitrogens is 3. The van der Waals surface area contributed by atoms with E-state index in [1.807, 2.05) is 17.6 Å². The summed E-state index contributed by atoms with van der Waals surface area (Å²) in [4.78, 5) is 26.7. The summed E-state index contributed by atoms with van der Waals surface area (Å²) in [6.07, 6.45) is -1.33. The van der Waals surface area contributed by atoms with Crippen LogP contribution in [-0.2, 0) is 17.8 Å². The lowest BCUT2D eigenvalue weighted by Gasteiger charge is -2.22. The number of amides is 1. The van der Waals surface area contributed by atoms with Crippen LogP contribution in [-0.4, -0.2) is 64.9 Å². The van der Waals surface area contributed by atoms with E-state index < -0.39 is 6.36 Å². The first-order valence-electron chi connectivity index (χ1n) is 14.0. The minimum absolute atomic E-state index is 0.0971. The second-order valence-electron chi connectivity index (χ2n) is 10.9. The number of benzene rings is 2. The third-order valence-electron chi connectivity index (χ3n) is 7.69. The van der Waals surface area contributed by atoms with Crippen LogP contribution in [0.5, 0.6) is 5.75 Å². The van der Waals surface area contributed by atoms with Crippen LogP contribution in [0.2, 0.25) is 0 Å². The molecule has 0 radical (unpaired) electrons. The van der Waals surface area contributed by atoms with Crippen molar-refractivity contribution in [2.24, 2.45) is 0 Å². The van der Waals surface area contributed by atoms with Crippen LogP contribution in [0.4, 0.5) is 18.9 Å². The Kier molecular flexibility index (Phi) is 8.67. The van der Waals surface area contributed by atoms with Gasteiger partial charge in [0, 0.05) is 43.9 Å². The molecule has 0 bridgehead atoms. The topological polar surface area (TPSA) is 75.5 Å². The number of hydrogen-bond donors (Lipinski definition) is 1. The number of fused-ring (bicyclic) bond motifs is 1. The van der Waals surface area contributed by atoms with Crippen molar-refractivity contribution in [1.82, 2.24) is 24.8 Å². The van der Waals surface area contributed by atoms with Crippen molar-refractivity contribution in [3.8, 4) is 5.75 Å². The Labute approximate surface area is 243 Å². The van der Waals surface area contributed by atoms with Gasteiger partial charge in [-0.1, -0.05) is 24.3 Å². The lowest BCUT2D eigenvalue weighted by molar-refractivity contribution is -0.274. The summed E-state index contributed by atoms with van der Waals surface area (Å²) in [6, 6.07) is 18.1. The molecule has 2 aromatic heterocycles. The number of carbonyl (C=O) groups is 1. The quantitative estimate of drug-likeness (QED) is 0.274. The Balaban J connectivity index is 1.20. The number of nitrogens with zero attached hydrogens (tertiary/aromatic N) is 5. The first-order valence-corrected chi connectivity index (χ1v) is 14.0. The van der Waals surface area contributed by atoms with E-state index in [1.165, 1.54) is 17.8 Å². The number of rotatable bonds is 10. The van der Waals surface area contributed by atoms with E-state index in [-0.39, 0.29) is 24.1 Å². The molecule has 1 aliphatic heterocycles. The van der Waals surface area contributed by atoms with Crippen LogP contribution >= 0.6 is 0 Å². The molecule has 1 aliphatic rings. The average Bonchev–Trinajstić information content (AvgIpc) is 3.58.